The quantitative estimate of drug-likeness (QED) is 0.0199. The van der Waals surface area contributed by atoms with E-state index in [1.807, 2.05) is 6.08 Å². The van der Waals surface area contributed by atoms with E-state index in [4.69, 9.17) is 28.4 Å². The van der Waals surface area contributed by atoms with Crippen LogP contribution >= 0.6 is 0 Å². The zero-order valence-electron chi connectivity index (χ0n) is 59.0. The highest BCUT2D eigenvalue weighted by atomic mass is 16.8. The number of hydrogen-bond acceptors (Lipinski definition) is 18. The van der Waals surface area contributed by atoms with Crippen LogP contribution in [0.25, 0.3) is 0 Å². The van der Waals surface area contributed by atoms with Crippen LogP contribution in [0.2, 0.25) is 0 Å². The number of hydrogen-bond donors (Lipinski definition) is 12. The first kappa shape index (κ1) is 87.4. The van der Waals surface area contributed by atoms with Crippen molar-refractivity contribution in [2.45, 2.75) is 336 Å². The third-order valence-electron chi connectivity index (χ3n) is 17.7. The normalized spacial score (nSPS) is 27.6. The number of nitrogens with one attached hydrogen (secondary N) is 1. The molecule has 0 aromatic heterocycles. The molecule has 3 aliphatic rings. The number of aliphatic hydroxyl groups excluding tert-OH is 11. The Bertz CT molecular complexity index is 2230. The predicted octanol–water partition coefficient (Wildman–Crippen LogP) is 11.2. The van der Waals surface area contributed by atoms with Crippen LogP contribution in [-0.2, 0) is 33.2 Å². The summed E-state index contributed by atoms with van der Waals surface area (Å²) < 4.78 is 34.3. The van der Waals surface area contributed by atoms with Crippen LogP contribution in [0, 0.1) is 0 Å². The molecule has 3 fully saturated rings. The molecule has 556 valence electrons. The topological polar surface area (TPSA) is 307 Å². The van der Waals surface area contributed by atoms with Gasteiger partial charge in [0.15, 0.2) is 18.9 Å². The summed E-state index contributed by atoms with van der Waals surface area (Å²) in [6.07, 6.45) is 53.5. The van der Waals surface area contributed by atoms with E-state index in [0.717, 1.165) is 89.9 Å². The van der Waals surface area contributed by atoms with Gasteiger partial charge in [0.1, 0.15) is 73.2 Å². The van der Waals surface area contributed by atoms with E-state index >= 15 is 0 Å². The molecule has 0 aromatic carbocycles. The Kier molecular flexibility index (Phi) is 52.1. The molecule has 3 heterocycles. The standard InChI is InChI=1S/C78H131NO18/c1-3-5-7-9-11-13-15-17-18-19-20-21-22-23-24-25-26-27-28-29-30-31-32-33-34-35-36-37-38-39-40-41-42-44-46-48-50-52-54-56-66(84)79-61(62(83)55-53-51-49-47-45-43-16-14-12-10-8-6-4-2)60-92-76-72(90)69(87)74(64(58-81)94-76)97-78-73(91)70(88)75(65(59-82)95-78)96-77-71(89)68(86)67(85)63(57-80)93-77/h5,7,11-14,17-18,20-21,23-24,26-27,29-30,45,47,53,55,61-65,67-78,80-83,85-91H,3-4,6,8-10,15-16,19,22,25,28,31-44,46,48-52,54,56-60H2,1-2H3,(H,79,84)/b7-5-,13-11-,14-12+,18-17-,21-20-,24-23-,27-26-,30-29-,47-45+,55-53+. The molecular weight excluding hydrogens is 1240 g/mol. The summed E-state index contributed by atoms with van der Waals surface area (Å²) in [5.74, 6) is -0.294. The zero-order valence-corrected chi connectivity index (χ0v) is 59.0. The Labute approximate surface area is 582 Å². The van der Waals surface area contributed by atoms with Gasteiger partial charge in [0.05, 0.1) is 38.6 Å². The summed E-state index contributed by atoms with van der Waals surface area (Å²) in [4.78, 5) is 13.4. The van der Waals surface area contributed by atoms with Crippen molar-refractivity contribution in [3.8, 4) is 0 Å². The zero-order chi connectivity index (χ0) is 70.4. The minimum Gasteiger partial charge on any atom is -0.394 e. The van der Waals surface area contributed by atoms with Crippen LogP contribution in [0.1, 0.15) is 232 Å². The maximum atomic E-state index is 13.4. The Morgan fingerprint density at radius 3 is 1.15 bits per heavy atom. The molecule has 19 nitrogen and oxygen atoms in total. The summed E-state index contributed by atoms with van der Waals surface area (Å²) in [5.41, 5.74) is 0. The summed E-state index contributed by atoms with van der Waals surface area (Å²) in [6.45, 7) is 1.54. The average Bonchev–Trinajstić information content (AvgIpc) is 0.809. The van der Waals surface area contributed by atoms with Crippen molar-refractivity contribution in [2.75, 3.05) is 26.4 Å². The van der Waals surface area contributed by atoms with Crippen molar-refractivity contribution in [1.29, 1.82) is 0 Å². The van der Waals surface area contributed by atoms with Crippen molar-refractivity contribution >= 4 is 5.91 Å². The van der Waals surface area contributed by atoms with Gasteiger partial charge in [-0.25, -0.2) is 0 Å². The lowest BCUT2D eigenvalue weighted by Gasteiger charge is -2.48. The van der Waals surface area contributed by atoms with E-state index < -0.39 is 124 Å². The first-order chi connectivity index (χ1) is 47.3. The van der Waals surface area contributed by atoms with Crippen LogP contribution in [0.3, 0.4) is 0 Å². The molecule has 3 saturated heterocycles. The van der Waals surface area contributed by atoms with Crippen LogP contribution in [-0.4, -0.2) is 193 Å². The minimum atomic E-state index is -1.99. The maximum Gasteiger partial charge on any atom is 0.220 e. The Morgan fingerprint density at radius 2 is 0.722 bits per heavy atom. The molecule has 0 aliphatic carbocycles. The number of ether oxygens (including phenoxy) is 6. The van der Waals surface area contributed by atoms with Gasteiger partial charge in [-0.15, -0.1) is 0 Å². The summed E-state index contributed by atoms with van der Waals surface area (Å²) >= 11 is 0. The second kappa shape index (κ2) is 57.8. The molecule has 97 heavy (non-hydrogen) atoms. The van der Waals surface area contributed by atoms with Crippen LogP contribution < -0.4 is 5.32 Å². The molecule has 3 aliphatic heterocycles. The molecule has 12 N–H and O–H groups in total. The van der Waals surface area contributed by atoms with Crippen LogP contribution in [0.5, 0.6) is 0 Å². The molecule has 0 spiro atoms. The van der Waals surface area contributed by atoms with Crippen molar-refractivity contribution in [3.05, 3.63) is 122 Å². The number of aliphatic hydroxyl groups is 11. The monoisotopic (exact) mass is 1370 g/mol. The number of allylic oxidation sites excluding steroid dienone is 19. The van der Waals surface area contributed by atoms with Crippen LogP contribution in [0.15, 0.2) is 122 Å². The van der Waals surface area contributed by atoms with Gasteiger partial charge in [0, 0.05) is 6.42 Å². The SMILES string of the molecule is CC/C=C\C/C=C\C/C=C\C/C=C\C/C=C\C/C=C\C/C=C\CCCCCCCCCCCCCCCCCCCC(=O)NC(COC1OC(CO)C(OC2OC(CO)C(OC3OC(CO)C(O)C(O)C3O)C(O)C2O)C(O)C1O)C(O)/C=C/CC/C=C/CC/C=C/CCCCC. The molecule has 3 rings (SSSR count). The van der Waals surface area contributed by atoms with E-state index in [2.05, 4.69) is 129 Å². The Morgan fingerprint density at radius 1 is 0.381 bits per heavy atom. The van der Waals surface area contributed by atoms with Gasteiger partial charge >= 0.3 is 0 Å². The van der Waals surface area contributed by atoms with Crippen molar-refractivity contribution in [2.24, 2.45) is 0 Å². The molecule has 1 amide bonds. The molecule has 0 radical (unpaired) electrons. The van der Waals surface area contributed by atoms with Gasteiger partial charge in [-0.2, -0.15) is 0 Å². The van der Waals surface area contributed by atoms with Crippen LogP contribution in [0.4, 0.5) is 0 Å². The van der Waals surface area contributed by atoms with Crippen molar-refractivity contribution in [3.63, 3.8) is 0 Å². The minimum absolute atomic E-state index is 0.227. The Balaban J connectivity index is 1.32. The van der Waals surface area contributed by atoms with E-state index in [9.17, 15) is 61.0 Å². The summed E-state index contributed by atoms with van der Waals surface area (Å²) in [7, 11) is 0. The van der Waals surface area contributed by atoms with E-state index in [0.29, 0.717) is 12.8 Å². The fraction of sp³-hybridized carbons (Fsp3) is 0.731. The molecule has 17 unspecified atom stereocenters. The maximum absolute atomic E-state index is 13.4. The third-order valence-corrected chi connectivity index (χ3v) is 17.7. The van der Waals surface area contributed by atoms with Gasteiger partial charge in [-0.05, 0) is 103 Å². The lowest BCUT2D eigenvalue weighted by molar-refractivity contribution is -0.379. The van der Waals surface area contributed by atoms with Crippen molar-refractivity contribution < 1.29 is 89.4 Å². The summed E-state index contributed by atoms with van der Waals surface area (Å²) in [5, 5.41) is 120. The second-order valence-electron chi connectivity index (χ2n) is 26.0. The van der Waals surface area contributed by atoms with Gasteiger partial charge in [-0.3, -0.25) is 4.79 Å². The molecule has 0 saturated carbocycles. The Hall–Kier alpha value is -3.81. The lowest BCUT2D eigenvalue weighted by Crippen LogP contribution is -2.66. The molecule has 17 atom stereocenters. The number of rotatable bonds is 56. The van der Waals surface area contributed by atoms with Gasteiger partial charge in [0.25, 0.3) is 0 Å². The fourth-order valence-electron chi connectivity index (χ4n) is 11.7. The second-order valence-corrected chi connectivity index (χ2v) is 26.0. The van der Waals surface area contributed by atoms with Gasteiger partial charge < -0.3 is 89.9 Å². The van der Waals surface area contributed by atoms with E-state index in [1.54, 1.807) is 6.08 Å². The average molecular weight is 1370 g/mol. The number of amides is 1. The van der Waals surface area contributed by atoms with E-state index in [1.165, 1.54) is 109 Å². The molecule has 19 heteroatoms. The highest BCUT2D eigenvalue weighted by Gasteiger charge is 2.53. The first-order valence-corrected chi connectivity index (χ1v) is 37.3. The largest absolute Gasteiger partial charge is 0.394 e. The predicted molar refractivity (Wildman–Crippen MR) is 383 cm³/mol. The number of carbonyl (C=O) groups is 1. The fourth-order valence-corrected chi connectivity index (χ4v) is 11.7. The van der Waals surface area contributed by atoms with Crippen molar-refractivity contribution in [1.82, 2.24) is 5.32 Å². The molecule has 0 bridgehead atoms. The smallest absolute Gasteiger partial charge is 0.220 e. The first-order valence-electron chi connectivity index (χ1n) is 37.3. The number of unbranched alkanes of at least 4 members (excludes halogenated alkanes) is 22. The highest BCUT2D eigenvalue weighted by molar-refractivity contribution is 5.76. The van der Waals surface area contributed by atoms with Gasteiger partial charge in [-0.1, -0.05) is 245 Å². The summed E-state index contributed by atoms with van der Waals surface area (Å²) in [6, 6.07) is -1.00. The highest BCUT2D eigenvalue weighted by Crippen LogP contribution is 2.33. The molecule has 0 aromatic rings. The lowest BCUT2D eigenvalue weighted by atomic mass is 9.96. The third kappa shape index (κ3) is 38.7. The van der Waals surface area contributed by atoms with Gasteiger partial charge in [0.2, 0.25) is 5.91 Å². The van der Waals surface area contributed by atoms with E-state index in [-0.39, 0.29) is 18.9 Å². The number of carbonyl (C=O) groups excluding carboxylic acids is 1. The molecular formula is C78H131NO18.